The molecule has 78 valence electrons. The van der Waals surface area contributed by atoms with Gasteiger partial charge in [-0.05, 0) is 24.1 Å². The number of nitrogens with zero attached hydrogens (tertiary/aromatic N) is 2. The Balaban J connectivity index is 2.37. The number of benzene rings is 1. The highest BCUT2D eigenvalue weighted by molar-refractivity contribution is 5.59. The predicted octanol–water partition coefficient (Wildman–Crippen LogP) is 2.03. The summed E-state index contributed by atoms with van der Waals surface area (Å²) in [5, 5.41) is 4.25. The minimum atomic E-state index is 0.591. The maximum Gasteiger partial charge on any atom is 0.0682 e. The Morgan fingerprint density at radius 2 is 1.93 bits per heavy atom. The summed E-state index contributed by atoms with van der Waals surface area (Å²) in [7, 11) is 0. The molecule has 0 saturated heterocycles. The van der Waals surface area contributed by atoms with Crippen LogP contribution < -0.4 is 5.73 Å². The van der Waals surface area contributed by atoms with Crippen LogP contribution in [0.3, 0.4) is 0 Å². The van der Waals surface area contributed by atoms with Crippen LogP contribution in [0.1, 0.15) is 12.5 Å². The fourth-order valence-electron chi connectivity index (χ4n) is 1.64. The summed E-state index contributed by atoms with van der Waals surface area (Å²) in [6.45, 7) is 3.57. The summed E-state index contributed by atoms with van der Waals surface area (Å²) in [5.74, 6) is 0. The molecule has 0 spiro atoms. The Bertz CT molecular complexity index is 428. The number of aryl methyl sites for hydroxylation is 1. The zero-order chi connectivity index (χ0) is 10.7. The lowest BCUT2D eigenvalue weighted by Gasteiger charge is -2.05. The van der Waals surface area contributed by atoms with Crippen molar-refractivity contribution in [2.75, 3.05) is 0 Å². The van der Waals surface area contributed by atoms with Gasteiger partial charge in [-0.25, -0.2) is 0 Å². The molecule has 0 bridgehead atoms. The number of aromatic nitrogens is 2. The average molecular weight is 201 g/mol. The third kappa shape index (κ3) is 1.92. The normalized spacial score (nSPS) is 10.5. The lowest BCUT2D eigenvalue weighted by atomic mass is 10.1. The SMILES string of the molecule is CCn1nccc1-c1ccc(CN)cc1. The molecule has 0 aliphatic rings. The van der Waals surface area contributed by atoms with Crippen molar-refractivity contribution in [3.8, 4) is 11.3 Å². The zero-order valence-electron chi connectivity index (χ0n) is 8.85. The molecular weight excluding hydrogens is 186 g/mol. The Labute approximate surface area is 89.5 Å². The average Bonchev–Trinajstić information content (AvgIpc) is 2.77. The van der Waals surface area contributed by atoms with E-state index < -0.39 is 0 Å². The van der Waals surface area contributed by atoms with Crippen molar-refractivity contribution in [2.24, 2.45) is 5.73 Å². The van der Waals surface area contributed by atoms with Gasteiger partial charge < -0.3 is 5.73 Å². The van der Waals surface area contributed by atoms with E-state index in [1.54, 1.807) is 0 Å². The summed E-state index contributed by atoms with van der Waals surface area (Å²) >= 11 is 0. The lowest BCUT2D eigenvalue weighted by molar-refractivity contribution is 0.667. The van der Waals surface area contributed by atoms with E-state index in [4.69, 9.17) is 5.73 Å². The van der Waals surface area contributed by atoms with Crippen molar-refractivity contribution in [3.63, 3.8) is 0 Å². The summed E-state index contributed by atoms with van der Waals surface area (Å²) in [6.07, 6.45) is 1.83. The molecule has 0 fully saturated rings. The Kier molecular flexibility index (Phi) is 2.83. The van der Waals surface area contributed by atoms with E-state index in [2.05, 4.69) is 36.3 Å². The first-order valence-electron chi connectivity index (χ1n) is 5.16. The highest BCUT2D eigenvalue weighted by Gasteiger charge is 2.02. The molecule has 0 saturated carbocycles. The minimum absolute atomic E-state index is 0.591. The first-order valence-corrected chi connectivity index (χ1v) is 5.16. The monoisotopic (exact) mass is 201 g/mol. The molecule has 2 aromatic rings. The summed E-state index contributed by atoms with van der Waals surface area (Å²) < 4.78 is 1.98. The first-order chi connectivity index (χ1) is 7.35. The van der Waals surface area contributed by atoms with Crippen LogP contribution in [0.5, 0.6) is 0 Å². The van der Waals surface area contributed by atoms with Gasteiger partial charge in [0.05, 0.1) is 5.69 Å². The molecule has 15 heavy (non-hydrogen) atoms. The third-order valence-electron chi connectivity index (χ3n) is 2.50. The van der Waals surface area contributed by atoms with E-state index in [0.29, 0.717) is 6.54 Å². The van der Waals surface area contributed by atoms with Crippen molar-refractivity contribution in [1.29, 1.82) is 0 Å². The Morgan fingerprint density at radius 3 is 2.53 bits per heavy atom. The number of nitrogens with two attached hydrogens (primary N) is 1. The second kappa shape index (κ2) is 4.28. The third-order valence-corrected chi connectivity index (χ3v) is 2.50. The summed E-state index contributed by atoms with van der Waals surface area (Å²) in [5.41, 5.74) is 9.05. The fourth-order valence-corrected chi connectivity index (χ4v) is 1.64. The van der Waals surface area contributed by atoms with Crippen LogP contribution in [-0.2, 0) is 13.1 Å². The lowest BCUT2D eigenvalue weighted by Crippen LogP contribution is -1.99. The molecule has 0 atom stereocenters. The van der Waals surface area contributed by atoms with E-state index >= 15 is 0 Å². The van der Waals surface area contributed by atoms with E-state index in [1.807, 2.05) is 16.9 Å². The quantitative estimate of drug-likeness (QED) is 0.825. The van der Waals surface area contributed by atoms with Crippen LogP contribution >= 0.6 is 0 Å². The van der Waals surface area contributed by atoms with E-state index in [9.17, 15) is 0 Å². The molecule has 1 heterocycles. The molecule has 3 heteroatoms. The summed E-state index contributed by atoms with van der Waals surface area (Å²) in [4.78, 5) is 0. The van der Waals surface area contributed by atoms with Crippen LogP contribution in [0.15, 0.2) is 36.5 Å². The van der Waals surface area contributed by atoms with Gasteiger partial charge in [0.1, 0.15) is 0 Å². The molecule has 0 unspecified atom stereocenters. The summed E-state index contributed by atoms with van der Waals surface area (Å²) in [6, 6.07) is 10.3. The van der Waals surface area contributed by atoms with E-state index in [-0.39, 0.29) is 0 Å². The van der Waals surface area contributed by atoms with Crippen LogP contribution in [0.2, 0.25) is 0 Å². The molecule has 0 aliphatic carbocycles. The van der Waals surface area contributed by atoms with Crippen molar-refractivity contribution in [3.05, 3.63) is 42.1 Å². The van der Waals surface area contributed by atoms with Gasteiger partial charge in [0.15, 0.2) is 0 Å². The molecule has 0 radical (unpaired) electrons. The molecule has 0 amide bonds. The van der Waals surface area contributed by atoms with E-state index in [1.165, 1.54) is 5.56 Å². The van der Waals surface area contributed by atoms with E-state index in [0.717, 1.165) is 17.8 Å². The fraction of sp³-hybridized carbons (Fsp3) is 0.250. The van der Waals surface area contributed by atoms with Crippen molar-refractivity contribution in [1.82, 2.24) is 9.78 Å². The molecule has 1 aromatic heterocycles. The minimum Gasteiger partial charge on any atom is -0.326 e. The van der Waals surface area contributed by atoms with Gasteiger partial charge in [-0.15, -0.1) is 0 Å². The van der Waals surface area contributed by atoms with Crippen LogP contribution in [0.25, 0.3) is 11.3 Å². The number of rotatable bonds is 3. The topological polar surface area (TPSA) is 43.8 Å². The Hall–Kier alpha value is -1.61. The van der Waals surface area contributed by atoms with Gasteiger partial charge in [0, 0.05) is 19.3 Å². The second-order valence-electron chi connectivity index (χ2n) is 3.43. The first kappa shape index (κ1) is 9.93. The van der Waals surface area contributed by atoms with Gasteiger partial charge in [-0.3, -0.25) is 4.68 Å². The smallest absolute Gasteiger partial charge is 0.0682 e. The second-order valence-corrected chi connectivity index (χ2v) is 3.43. The standard InChI is InChI=1S/C12H15N3/c1-2-15-12(7-8-14-15)11-5-3-10(9-13)4-6-11/h3-8H,2,9,13H2,1H3. The predicted molar refractivity (Wildman–Crippen MR) is 61.2 cm³/mol. The highest BCUT2D eigenvalue weighted by atomic mass is 15.3. The van der Waals surface area contributed by atoms with Gasteiger partial charge in [-0.1, -0.05) is 24.3 Å². The molecular formula is C12H15N3. The van der Waals surface area contributed by atoms with Crippen LogP contribution in [-0.4, -0.2) is 9.78 Å². The van der Waals surface area contributed by atoms with Crippen molar-refractivity contribution < 1.29 is 0 Å². The Morgan fingerprint density at radius 1 is 1.20 bits per heavy atom. The molecule has 3 nitrogen and oxygen atoms in total. The maximum atomic E-state index is 5.56. The van der Waals surface area contributed by atoms with Crippen molar-refractivity contribution >= 4 is 0 Å². The zero-order valence-corrected chi connectivity index (χ0v) is 8.85. The van der Waals surface area contributed by atoms with Crippen LogP contribution in [0, 0.1) is 0 Å². The number of hydrogen-bond donors (Lipinski definition) is 1. The molecule has 0 aliphatic heterocycles. The molecule has 1 aromatic carbocycles. The van der Waals surface area contributed by atoms with Crippen molar-refractivity contribution in [2.45, 2.75) is 20.0 Å². The molecule has 2 rings (SSSR count). The molecule has 2 N–H and O–H groups in total. The maximum absolute atomic E-state index is 5.56. The largest absolute Gasteiger partial charge is 0.326 e. The van der Waals surface area contributed by atoms with Gasteiger partial charge in [0.25, 0.3) is 0 Å². The van der Waals surface area contributed by atoms with Crippen LogP contribution in [0.4, 0.5) is 0 Å². The van der Waals surface area contributed by atoms with Gasteiger partial charge in [0.2, 0.25) is 0 Å². The number of hydrogen-bond acceptors (Lipinski definition) is 2. The highest BCUT2D eigenvalue weighted by Crippen LogP contribution is 2.19. The van der Waals surface area contributed by atoms with Gasteiger partial charge >= 0.3 is 0 Å². The van der Waals surface area contributed by atoms with Gasteiger partial charge in [-0.2, -0.15) is 5.10 Å².